The number of aliphatic hydroxyl groups excluding tert-OH is 3. The number of fused-ring (bicyclic) bond motifs is 6. The Morgan fingerprint density at radius 3 is 1.55 bits per heavy atom. The highest BCUT2D eigenvalue weighted by Gasteiger charge is 2.49. The number of ether oxygens (including phenoxy) is 1. The lowest BCUT2D eigenvalue weighted by molar-refractivity contribution is -0.106. The fourth-order valence-corrected chi connectivity index (χ4v) is 17.8. The molecule has 98 heavy (non-hydrogen) atoms. The highest BCUT2D eigenvalue weighted by atomic mass is 35.5. The summed E-state index contributed by atoms with van der Waals surface area (Å²) >= 11 is 8.40. The first-order chi connectivity index (χ1) is 47.2. The standard InChI is InChI=1S/C27H33N3O3.C25H26ClFN4O2.C25H26N4O2S/c1-18-23(26(32)15-29-21-9-10-24(29)25(31)13-21)12-22(4-3-11-27(2)16-33-17-27)30(18)20-7-5-19(14-28)6-8-20;1-15-24(23(33)14-30-17-8-9-20(30)22(32)12-17)25(26)21(5-3-2-4-10-28)31(15)18-7-6-16(13-29)19(27)11-18;1-15-22(25(31)13-28-20-7-8-23(28)24(30)11-20)10-21(9-18-14-32-16(2)27-18)29(15)19-5-3-17(12-26)4-6-19/h5-8,12,21,24-25,31H,3-4,9-11,13,15-17H2,1-2H3;6-7,11,17,20,22,32H,2-5,8-9,12,14H2,1H3;3-6,10,14,20,23-24,30H,7-9,11,13H2,1-2H3/t21?,24?,25-;17?,20?,22-;20?,23?,24-/m000/s1. The minimum Gasteiger partial charge on any atom is -0.391 e. The van der Waals surface area contributed by atoms with Crippen LogP contribution in [0, 0.1) is 84.3 Å². The van der Waals surface area contributed by atoms with Gasteiger partial charge in [0.1, 0.15) is 11.9 Å². The van der Waals surface area contributed by atoms with Crippen LogP contribution in [-0.4, -0.2) is 153 Å². The molecule has 0 aliphatic carbocycles. The molecule has 18 nitrogen and oxygen atoms in total. The molecule has 0 amide bonds. The SMILES string of the molecule is Cc1c(C(=O)CN2C3CCC2[C@@H](O)C3)c(Cl)c(CCCCC#N)n1-c1ccc(C#N)c(F)c1.Cc1c(C(=O)CN2C3CCC2[C@@H](O)C3)cc(CCCC2(C)COC2)n1-c1ccc(C#N)cc1.Cc1nc(Cc2cc(C(=O)CN3C4CCC3[C@@H](O)C4)c(C)n2-c2ccc(C#N)cc2)cs1. The number of halogens is 2. The van der Waals surface area contributed by atoms with Crippen LogP contribution in [0.25, 0.3) is 17.1 Å². The van der Waals surface area contributed by atoms with E-state index in [1.165, 1.54) is 12.1 Å². The monoisotopic (exact) mass is 1360 g/mol. The van der Waals surface area contributed by atoms with Crippen molar-refractivity contribution in [2.75, 3.05) is 32.8 Å². The van der Waals surface area contributed by atoms with Crippen LogP contribution in [0.4, 0.5) is 4.39 Å². The van der Waals surface area contributed by atoms with Crippen molar-refractivity contribution >= 4 is 40.3 Å². The molecule has 0 saturated carbocycles. The van der Waals surface area contributed by atoms with Gasteiger partial charge in [0.05, 0.1) is 107 Å². The predicted molar refractivity (Wildman–Crippen MR) is 371 cm³/mol. The first-order valence-corrected chi connectivity index (χ1v) is 35.8. The van der Waals surface area contributed by atoms with Gasteiger partial charge < -0.3 is 33.8 Å². The van der Waals surface area contributed by atoms with Gasteiger partial charge in [0.25, 0.3) is 0 Å². The second kappa shape index (κ2) is 29.9. The van der Waals surface area contributed by atoms with Gasteiger partial charge in [-0.15, -0.1) is 11.3 Å². The van der Waals surface area contributed by atoms with Gasteiger partial charge in [-0.05, 0) is 203 Å². The minimum atomic E-state index is -0.634. The lowest BCUT2D eigenvalue weighted by Crippen LogP contribution is -2.39. The van der Waals surface area contributed by atoms with Gasteiger partial charge in [-0.25, -0.2) is 9.37 Å². The van der Waals surface area contributed by atoms with Crippen LogP contribution < -0.4 is 0 Å². The summed E-state index contributed by atoms with van der Waals surface area (Å²) in [6, 6.07) is 32.9. The summed E-state index contributed by atoms with van der Waals surface area (Å²) in [7, 11) is 0. The highest BCUT2D eigenvalue weighted by Crippen LogP contribution is 2.42. The smallest absolute Gasteiger partial charge is 0.180 e. The third-order valence-electron chi connectivity index (χ3n) is 21.8. The van der Waals surface area contributed by atoms with E-state index in [4.69, 9.17) is 32.1 Å². The van der Waals surface area contributed by atoms with Crippen LogP contribution in [-0.2, 0) is 24.0 Å². The Morgan fingerprint density at radius 1 is 0.622 bits per heavy atom. The van der Waals surface area contributed by atoms with E-state index in [2.05, 4.69) is 65.4 Å². The zero-order valence-corrected chi connectivity index (χ0v) is 58.0. The molecule has 9 atom stereocenters. The average molecular weight is 1360 g/mol. The maximum atomic E-state index is 14.4. The fourth-order valence-electron chi connectivity index (χ4n) is 16.8. The number of Topliss-reactive ketones (excluding diaryl/α,β-unsaturated/α-hetero) is 3. The topological polar surface area (TPSA) is 254 Å². The van der Waals surface area contributed by atoms with Gasteiger partial charge in [0.15, 0.2) is 17.3 Å². The quantitative estimate of drug-likeness (QED) is 0.0421. The number of nitrogens with zero attached hydrogens (tertiary/aromatic N) is 11. The van der Waals surface area contributed by atoms with Gasteiger partial charge in [-0.1, -0.05) is 18.5 Å². The number of aromatic nitrogens is 4. The summed E-state index contributed by atoms with van der Waals surface area (Å²) < 4.78 is 25.9. The van der Waals surface area contributed by atoms with Gasteiger partial charge in [-0.3, -0.25) is 29.1 Å². The van der Waals surface area contributed by atoms with E-state index in [-0.39, 0.29) is 71.2 Å². The molecular formula is C77H85ClFN11O7S. The van der Waals surface area contributed by atoms with Crippen molar-refractivity contribution in [1.82, 2.24) is 33.4 Å². The molecule has 0 spiro atoms. The van der Waals surface area contributed by atoms with Gasteiger partial charge >= 0.3 is 0 Å². The first kappa shape index (κ1) is 69.9. The van der Waals surface area contributed by atoms with Gasteiger partial charge in [0.2, 0.25) is 0 Å². The largest absolute Gasteiger partial charge is 0.391 e. The Kier molecular flexibility index (Phi) is 21.3. The van der Waals surface area contributed by atoms with Crippen LogP contribution in [0.15, 0.2) is 84.2 Å². The maximum Gasteiger partial charge on any atom is 0.180 e. The molecule has 7 fully saturated rings. The summed E-state index contributed by atoms with van der Waals surface area (Å²) in [4.78, 5) is 51.4. The molecule has 6 unspecified atom stereocenters. The Hall–Kier alpha value is -7.96. The van der Waals surface area contributed by atoms with Gasteiger partial charge in [0, 0.05) is 122 Å². The van der Waals surface area contributed by atoms with Crippen molar-refractivity contribution in [3.8, 4) is 41.3 Å². The third kappa shape index (κ3) is 14.3. The van der Waals surface area contributed by atoms with E-state index in [0.29, 0.717) is 102 Å². The number of aliphatic hydroxyl groups is 3. The maximum absolute atomic E-state index is 14.4. The van der Waals surface area contributed by atoms with Crippen LogP contribution in [0.3, 0.4) is 0 Å². The van der Waals surface area contributed by atoms with E-state index in [1.807, 2.05) is 69.3 Å². The number of hydrogen-bond donors (Lipinski definition) is 3. The predicted octanol–water partition coefficient (Wildman–Crippen LogP) is 12.1. The normalized spacial score (nSPS) is 23.3. The highest BCUT2D eigenvalue weighted by molar-refractivity contribution is 7.09. The lowest BCUT2D eigenvalue weighted by atomic mass is 9.83. The summed E-state index contributed by atoms with van der Waals surface area (Å²) in [5.74, 6) is -0.525. The van der Waals surface area contributed by atoms with Crippen LogP contribution >= 0.6 is 22.9 Å². The second-order valence-corrected chi connectivity index (χ2v) is 29.7. The molecule has 21 heteroatoms. The molecule has 7 aliphatic heterocycles. The van der Waals surface area contributed by atoms with Crippen molar-refractivity contribution in [1.29, 1.82) is 21.0 Å². The number of carbonyl (C=O) groups excluding carboxylic acids is 3. The molecule has 14 rings (SSSR count). The molecule has 7 aliphatic rings. The molecular weight excluding hydrogens is 1280 g/mol. The second-order valence-electron chi connectivity index (χ2n) is 28.2. The number of benzene rings is 3. The third-order valence-corrected chi connectivity index (χ3v) is 23.1. The summed E-state index contributed by atoms with van der Waals surface area (Å²) in [6.45, 7) is 12.6. The number of ketones is 3. The van der Waals surface area contributed by atoms with Gasteiger partial charge in [-0.2, -0.15) is 21.0 Å². The number of carbonyl (C=O) groups is 3. The van der Waals surface area contributed by atoms with Crippen molar-refractivity contribution < 1.29 is 38.8 Å². The molecule has 3 aromatic carbocycles. The number of thiazole rings is 1. The number of aryl methyl sites for hydroxylation is 2. The molecule has 4 aromatic heterocycles. The summed E-state index contributed by atoms with van der Waals surface area (Å²) in [5.41, 5.74) is 12.1. The van der Waals surface area contributed by atoms with E-state index in [9.17, 15) is 39.4 Å². The fraction of sp³-hybridized carbons (Fsp3) is 0.481. The zero-order chi connectivity index (χ0) is 69.3. The number of unbranched alkanes of at least 4 members (excludes halogenated alkanes) is 2. The van der Waals surface area contributed by atoms with Crippen LogP contribution in [0.2, 0.25) is 5.02 Å². The van der Waals surface area contributed by atoms with Crippen molar-refractivity contribution in [3.05, 3.63) is 173 Å². The minimum absolute atomic E-state index is 0.0122. The zero-order valence-electron chi connectivity index (χ0n) is 56.4. The van der Waals surface area contributed by atoms with E-state index < -0.39 is 11.9 Å². The summed E-state index contributed by atoms with van der Waals surface area (Å²) in [6.07, 6.45) is 13.2. The van der Waals surface area contributed by atoms with Crippen molar-refractivity contribution in [2.45, 2.75) is 198 Å². The summed E-state index contributed by atoms with van der Waals surface area (Å²) in [5, 5.41) is 70.4. The first-order valence-electron chi connectivity index (χ1n) is 34.5. The Labute approximate surface area is 581 Å². The number of hydrogen-bond acceptors (Lipinski definition) is 16. The number of nitriles is 4. The number of rotatable bonds is 22. The average Bonchev–Trinajstić information content (AvgIpc) is 1.63. The molecule has 510 valence electrons. The van der Waals surface area contributed by atoms with Crippen LogP contribution in [0.1, 0.15) is 189 Å². The van der Waals surface area contributed by atoms with Crippen LogP contribution in [0.5, 0.6) is 0 Å². The lowest BCUT2D eigenvalue weighted by Gasteiger charge is -2.38. The van der Waals surface area contributed by atoms with E-state index in [1.54, 1.807) is 41.0 Å². The van der Waals surface area contributed by atoms with Crippen molar-refractivity contribution in [2.24, 2.45) is 5.41 Å². The Balaban J connectivity index is 0.000000140. The molecule has 11 heterocycles. The molecule has 3 N–H and O–H groups in total. The molecule has 7 aromatic rings. The van der Waals surface area contributed by atoms with E-state index >= 15 is 0 Å². The Bertz CT molecular complexity index is 4310. The molecule has 6 bridgehead atoms. The van der Waals surface area contributed by atoms with E-state index in [0.717, 1.165) is 140 Å². The van der Waals surface area contributed by atoms with Crippen molar-refractivity contribution in [3.63, 3.8) is 0 Å². The molecule has 7 saturated heterocycles. The molecule has 0 radical (unpaired) electrons. The Morgan fingerprint density at radius 2 is 1.12 bits per heavy atom.